The second-order valence-electron chi connectivity index (χ2n) is 5.85. The van der Waals surface area contributed by atoms with E-state index in [2.05, 4.69) is 56.8 Å². The van der Waals surface area contributed by atoms with Gasteiger partial charge in [-0.2, -0.15) is 0 Å². The van der Waals surface area contributed by atoms with E-state index < -0.39 is 0 Å². The minimum Gasteiger partial charge on any atom is -0.302 e. The van der Waals surface area contributed by atoms with E-state index >= 15 is 0 Å². The maximum absolute atomic E-state index is 8.34. The molecule has 2 aromatic carbocycles. The Bertz CT molecular complexity index is 915. The first-order valence-corrected chi connectivity index (χ1v) is 7.65. The number of aromatic nitrogens is 1. The molecule has 0 radical (unpaired) electrons. The molecule has 1 aromatic heterocycles. The summed E-state index contributed by atoms with van der Waals surface area (Å²) in [5, 5.41) is 8.34. The Morgan fingerprint density at radius 2 is 1.61 bits per heavy atom. The van der Waals surface area contributed by atoms with Gasteiger partial charge in [0.1, 0.15) is 5.49 Å². The maximum atomic E-state index is 8.34. The molecular weight excluding hydrogens is 280 g/mol. The number of nitrogens with zero attached hydrogens (tertiary/aromatic N) is 1. The van der Waals surface area contributed by atoms with Crippen molar-refractivity contribution in [2.45, 2.75) is 13.8 Å². The Hall–Kier alpha value is -2.87. The number of pyridine rings is 1. The third-order valence-electron chi connectivity index (χ3n) is 3.98. The highest BCUT2D eigenvalue weighted by Crippen LogP contribution is 2.20. The first-order valence-electron chi connectivity index (χ1n) is 7.65. The fraction of sp³-hybridized carbons (Fsp3) is 0.0952. The summed E-state index contributed by atoms with van der Waals surface area (Å²) >= 11 is 0. The van der Waals surface area contributed by atoms with Crippen LogP contribution in [-0.2, 0) is 0 Å². The van der Waals surface area contributed by atoms with Crippen molar-refractivity contribution in [3.05, 3.63) is 95.6 Å². The molecule has 1 heterocycles. The number of nitrogens with one attached hydrogen (secondary N) is 1. The highest BCUT2D eigenvalue weighted by molar-refractivity contribution is 5.67. The smallest absolute Gasteiger partial charge is 0.129 e. The molecule has 0 aliphatic carbocycles. The van der Waals surface area contributed by atoms with E-state index in [0.29, 0.717) is 5.49 Å². The summed E-state index contributed by atoms with van der Waals surface area (Å²) in [6, 6.07) is 20.4. The van der Waals surface area contributed by atoms with Crippen LogP contribution in [-0.4, -0.2) is 4.57 Å². The van der Waals surface area contributed by atoms with Gasteiger partial charge in [-0.15, -0.1) is 0 Å². The number of rotatable bonds is 3. The summed E-state index contributed by atoms with van der Waals surface area (Å²) < 4.78 is 1.81. The quantitative estimate of drug-likeness (QED) is 0.722. The van der Waals surface area contributed by atoms with Crippen molar-refractivity contribution in [1.29, 1.82) is 5.41 Å². The van der Waals surface area contributed by atoms with E-state index in [1.807, 2.05) is 35.0 Å². The van der Waals surface area contributed by atoms with Gasteiger partial charge in [-0.25, -0.2) is 0 Å². The Morgan fingerprint density at radius 3 is 2.26 bits per heavy atom. The zero-order valence-corrected chi connectivity index (χ0v) is 13.5. The highest BCUT2D eigenvalue weighted by atomic mass is 15.0. The Morgan fingerprint density at radius 1 is 0.870 bits per heavy atom. The lowest BCUT2D eigenvalue weighted by Gasteiger charge is -2.12. The van der Waals surface area contributed by atoms with E-state index in [4.69, 9.17) is 5.41 Å². The van der Waals surface area contributed by atoms with Gasteiger partial charge in [-0.1, -0.05) is 60.2 Å². The molecular formula is C21H20N2. The van der Waals surface area contributed by atoms with Gasteiger partial charge < -0.3 is 4.57 Å². The van der Waals surface area contributed by atoms with Crippen molar-refractivity contribution in [3.63, 3.8) is 0 Å². The highest BCUT2D eigenvalue weighted by Gasteiger charge is 2.04. The van der Waals surface area contributed by atoms with Gasteiger partial charge in [0.05, 0.1) is 0 Å². The fourth-order valence-electron chi connectivity index (χ4n) is 2.62. The summed E-state index contributed by atoms with van der Waals surface area (Å²) in [5.41, 5.74) is 6.86. The van der Waals surface area contributed by atoms with E-state index in [0.717, 1.165) is 22.4 Å². The molecule has 0 aliphatic rings. The molecule has 0 aliphatic heterocycles. The molecule has 0 saturated carbocycles. The molecule has 3 aromatic rings. The van der Waals surface area contributed by atoms with Gasteiger partial charge in [0, 0.05) is 11.9 Å². The SMILES string of the molecule is C=C(c1cccc(C)c1)n1ccc(-c2ccc(C)cc2)cc1=N. The lowest BCUT2D eigenvalue weighted by molar-refractivity contribution is 0.950. The van der Waals surface area contributed by atoms with Crippen LogP contribution >= 0.6 is 0 Å². The topological polar surface area (TPSA) is 28.8 Å². The summed E-state index contributed by atoms with van der Waals surface area (Å²) in [7, 11) is 0. The van der Waals surface area contributed by atoms with Crippen molar-refractivity contribution in [3.8, 4) is 11.1 Å². The molecule has 0 unspecified atom stereocenters. The molecule has 0 spiro atoms. The maximum Gasteiger partial charge on any atom is 0.129 e. The molecule has 2 nitrogen and oxygen atoms in total. The Balaban J connectivity index is 1.98. The Kier molecular flexibility index (Phi) is 3.98. The van der Waals surface area contributed by atoms with E-state index in [1.54, 1.807) is 0 Å². The van der Waals surface area contributed by atoms with Gasteiger partial charge in [-0.05, 0) is 48.7 Å². The minimum absolute atomic E-state index is 0.426. The zero-order chi connectivity index (χ0) is 16.4. The van der Waals surface area contributed by atoms with Crippen LogP contribution in [0.3, 0.4) is 0 Å². The van der Waals surface area contributed by atoms with Crippen LogP contribution < -0.4 is 5.49 Å². The summed E-state index contributed by atoms with van der Waals surface area (Å²) in [5.74, 6) is 0. The van der Waals surface area contributed by atoms with Gasteiger partial charge >= 0.3 is 0 Å². The molecule has 0 atom stereocenters. The van der Waals surface area contributed by atoms with Crippen LogP contribution in [0.1, 0.15) is 16.7 Å². The zero-order valence-electron chi connectivity index (χ0n) is 13.5. The molecule has 23 heavy (non-hydrogen) atoms. The third-order valence-corrected chi connectivity index (χ3v) is 3.98. The Labute approximate surface area is 136 Å². The first-order chi connectivity index (χ1) is 11.0. The molecule has 2 heteroatoms. The van der Waals surface area contributed by atoms with Crippen molar-refractivity contribution in [1.82, 2.24) is 4.57 Å². The van der Waals surface area contributed by atoms with Crippen molar-refractivity contribution < 1.29 is 0 Å². The molecule has 0 bridgehead atoms. The number of hydrogen-bond acceptors (Lipinski definition) is 1. The molecule has 0 saturated heterocycles. The number of aryl methyl sites for hydroxylation is 2. The number of hydrogen-bond donors (Lipinski definition) is 1. The predicted molar refractivity (Wildman–Crippen MR) is 96.1 cm³/mol. The van der Waals surface area contributed by atoms with Gasteiger partial charge in [0.15, 0.2) is 0 Å². The van der Waals surface area contributed by atoms with Crippen LogP contribution in [0.4, 0.5) is 0 Å². The second-order valence-corrected chi connectivity index (χ2v) is 5.85. The average Bonchev–Trinajstić information content (AvgIpc) is 2.55. The standard InChI is InChI=1S/C21H20N2/c1-15-7-9-18(10-8-15)20-11-12-23(21(22)14-20)17(3)19-6-4-5-16(2)13-19/h4-14,22H,3H2,1-2H3. The first kappa shape index (κ1) is 15.0. The van der Waals surface area contributed by atoms with Gasteiger partial charge in [0.2, 0.25) is 0 Å². The van der Waals surface area contributed by atoms with Crippen LogP contribution in [0.5, 0.6) is 0 Å². The fourth-order valence-corrected chi connectivity index (χ4v) is 2.62. The van der Waals surface area contributed by atoms with Gasteiger partial charge in [-0.3, -0.25) is 5.41 Å². The van der Waals surface area contributed by atoms with Crippen molar-refractivity contribution >= 4 is 5.70 Å². The molecule has 3 rings (SSSR count). The van der Waals surface area contributed by atoms with E-state index in [-0.39, 0.29) is 0 Å². The van der Waals surface area contributed by atoms with Crippen LogP contribution in [0, 0.1) is 19.3 Å². The van der Waals surface area contributed by atoms with E-state index in [9.17, 15) is 0 Å². The third kappa shape index (κ3) is 3.16. The largest absolute Gasteiger partial charge is 0.302 e. The van der Waals surface area contributed by atoms with Gasteiger partial charge in [0.25, 0.3) is 0 Å². The lowest BCUT2D eigenvalue weighted by Crippen LogP contribution is -2.18. The second kappa shape index (κ2) is 6.09. The minimum atomic E-state index is 0.426. The summed E-state index contributed by atoms with van der Waals surface area (Å²) in [6.45, 7) is 8.29. The molecule has 0 fully saturated rings. The summed E-state index contributed by atoms with van der Waals surface area (Å²) in [4.78, 5) is 0. The average molecular weight is 300 g/mol. The van der Waals surface area contributed by atoms with E-state index in [1.165, 1.54) is 11.1 Å². The number of benzene rings is 2. The lowest BCUT2D eigenvalue weighted by atomic mass is 10.1. The molecule has 0 amide bonds. The molecule has 114 valence electrons. The van der Waals surface area contributed by atoms with Crippen molar-refractivity contribution in [2.24, 2.45) is 0 Å². The van der Waals surface area contributed by atoms with Crippen LogP contribution in [0.2, 0.25) is 0 Å². The summed E-state index contributed by atoms with van der Waals surface area (Å²) in [6.07, 6.45) is 1.92. The monoisotopic (exact) mass is 300 g/mol. The predicted octanol–water partition coefficient (Wildman–Crippen LogP) is 4.77. The van der Waals surface area contributed by atoms with Crippen LogP contribution in [0.25, 0.3) is 16.8 Å². The van der Waals surface area contributed by atoms with Crippen molar-refractivity contribution in [2.75, 3.05) is 0 Å². The molecule has 1 N–H and O–H groups in total. The normalized spacial score (nSPS) is 10.5. The van der Waals surface area contributed by atoms with Crippen LogP contribution in [0.15, 0.2) is 73.4 Å².